The average Bonchev–Trinajstić information content (AvgIpc) is 2.42. The second-order valence-electron chi connectivity index (χ2n) is 6.60. The van der Waals surface area contributed by atoms with Crippen LogP contribution in [0.3, 0.4) is 0 Å². The van der Waals surface area contributed by atoms with Crippen molar-refractivity contribution >= 4 is 15.9 Å². The maximum absolute atomic E-state index is 5.59. The first-order valence-electron chi connectivity index (χ1n) is 7.36. The first-order valence-corrected chi connectivity index (χ1v) is 8.16. The van der Waals surface area contributed by atoms with Crippen LogP contribution in [0.2, 0.25) is 0 Å². The standard InChI is InChI=1S/C17H28BrNO2/c1-11(10-19-17(3,4)5)12(2)13-8-9-14(20-6)15(18)16(13)21-7/h8-9,11-12,19H,10H2,1-7H3. The van der Waals surface area contributed by atoms with Gasteiger partial charge < -0.3 is 14.8 Å². The highest BCUT2D eigenvalue weighted by Crippen LogP contribution is 2.41. The van der Waals surface area contributed by atoms with Crippen LogP contribution in [0.4, 0.5) is 0 Å². The van der Waals surface area contributed by atoms with Crippen molar-refractivity contribution < 1.29 is 9.47 Å². The van der Waals surface area contributed by atoms with Gasteiger partial charge in [-0.15, -0.1) is 0 Å². The number of rotatable bonds is 6. The number of halogens is 1. The molecule has 0 aliphatic heterocycles. The fourth-order valence-electron chi connectivity index (χ4n) is 2.23. The molecule has 0 aliphatic rings. The Morgan fingerprint density at radius 3 is 2.24 bits per heavy atom. The molecule has 1 rings (SSSR count). The number of methoxy groups -OCH3 is 2. The van der Waals surface area contributed by atoms with E-state index in [-0.39, 0.29) is 5.54 Å². The van der Waals surface area contributed by atoms with E-state index in [4.69, 9.17) is 9.47 Å². The molecule has 0 fully saturated rings. The van der Waals surface area contributed by atoms with E-state index in [1.54, 1.807) is 14.2 Å². The highest BCUT2D eigenvalue weighted by Gasteiger charge is 2.22. The van der Waals surface area contributed by atoms with Gasteiger partial charge in [-0.25, -0.2) is 0 Å². The molecule has 0 heterocycles. The van der Waals surface area contributed by atoms with E-state index in [0.717, 1.165) is 22.5 Å². The van der Waals surface area contributed by atoms with Gasteiger partial charge in [0.2, 0.25) is 0 Å². The minimum Gasteiger partial charge on any atom is -0.495 e. The van der Waals surface area contributed by atoms with Gasteiger partial charge in [0.05, 0.1) is 14.2 Å². The SMILES string of the molecule is COc1ccc(C(C)C(C)CNC(C)(C)C)c(OC)c1Br. The molecule has 0 radical (unpaired) electrons. The summed E-state index contributed by atoms with van der Waals surface area (Å²) in [6.45, 7) is 12.0. The van der Waals surface area contributed by atoms with Gasteiger partial charge in [-0.2, -0.15) is 0 Å². The summed E-state index contributed by atoms with van der Waals surface area (Å²) in [7, 11) is 3.37. The Morgan fingerprint density at radius 2 is 1.76 bits per heavy atom. The maximum atomic E-state index is 5.59. The normalized spacial score (nSPS) is 14.7. The lowest BCUT2D eigenvalue weighted by molar-refractivity contribution is 0.347. The van der Waals surface area contributed by atoms with Gasteiger partial charge in [0.15, 0.2) is 0 Å². The number of ether oxygens (including phenoxy) is 2. The summed E-state index contributed by atoms with van der Waals surface area (Å²) in [5.41, 5.74) is 1.34. The van der Waals surface area contributed by atoms with E-state index in [1.165, 1.54) is 5.56 Å². The number of hydrogen-bond acceptors (Lipinski definition) is 3. The summed E-state index contributed by atoms with van der Waals surface area (Å²) in [4.78, 5) is 0. The summed E-state index contributed by atoms with van der Waals surface area (Å²) in [5, 5.41) is 3.57. The predicted molar refractivity (Wildman–Crippen MR) is 92.6 cm³/mol. The van der Waals surface area contributed by atoms with Crippen LogP contribution in [0.25, 0.3) is 0 Å². The highest BCUT2D eigenvalue weighted by atomic mass is 79.9. The van der Waals surface area contributed by atoms with Crippen molar-refractivity contribution in [3.8, 4) is 11.5 Å². The molecule has 2 unspecified atom stereocenters. The summed E-state index contributed by atoms with van der Waals surface area (Å²) in [5.74, 6) is 2.54. The van der Waals surface area contributed by atoms with Crippen molar-refractivity contribution in [3.63, 3.8) is 0 Å². The lowest BCUT2D eigenvalue weighted by Crippen LogP contribution is -2.39. The van der Waals surface area contributed by atoms with Crippen molar-refractivity contribution in [2.24, 2.45) is 5.92 Å². The molecule has 21 heavy (non-hydrogen) atoms. The van der Waals surface area contributed by atoms with E-state index in [1.807, 2.05) is 6.07 Å². The van der Waals surface area contributed by atoms with Crippen LogP contribution in [0, 0.1) is 5.92 Å². The minimum absolute atomic E-state index is 0.137. The van der Waals surface area contributed by atoms with Crippen molar-refractivity contribution in [2.75, 3.05) is 20.8 Å². The predicted octanol–water partition coefficient (Wildman–Crippen LogP) is 4.59. The van der Waals surface area contributed by atoms with Crippen LogP contribution >= 0.6 is 15.9 Å². The van der Waals surface area contributed by atoms with E-state index in [0.29, 0.717) is 11.8 Å². The van der Waals surface area contributed by atoms with E-state index in [9.17, 15) is 0 Å². The van der Waals surface area contributed by atoms with Crippen LogP contribution < -0.4 is 14.8 Å². The monoisotopic (exact) mass is 357 g/mol. The first-order chi connectivity index (χ1) is 9.71. The van der Waals surface area contributed by atoms with E-state index in [2.05, 4.69) is 61.9 Å². The zero-order valence-electron chi connectivity index (χ0n) is 14.2. The van der Waals surface area contributed by atoms with Crippen LogP contribution in [0.5, 0.6) is 11.5 Å². The summed E-state index contributed by atoms with van der Waals surface area (Å²) in [6, 6.07) is 4.09. The Labute approximate surface area is 137 Å². The Balaban J connectivity index is 2.96. The Morgan fingerprint density at radius 1 is 1.14 bits per heavy atom. The van der Waals surface area contributed by atoms with Gasteiger partial charge >= 0.3 is 0 Å². The topological polar surface area (TPSA) is 30.5 Å². The second-order valence-corrected chi connectivity index (χ2v) is 7.39. The van der Waals surface area contributed by atoms with Gasteiger partial charge in [0.1, 0.15) is 16.0 Å². The lowest BCUT2D eigenvalue weighted by atomic mass is 9.87. The molecule has 0 amide bonds. The number of benzene rings is 1. The minimum atomic E-state index is 0.137. The van der Waals surface area contributed by atoms with Gasteiger partial charge in [-0.05, 0) is 66.7 Å². The molecule has 2 atom stereocenters. The second kappa shape index (κ2) is 7.50. The van der Waals surface area contributed by atoms with Gasteiger partial charge in [0, 0.05) is 5.54 Å². The van der Waals surface area contributed by atoms with Crippen molar-refractivity contribution in [1.82, 2.24) is 5.32 Å². The lowest BCUT2D eigenvalue weighted by Gasteiger charge is -2.28. The van der Waals surface area contributed by atoms with E-state index >= 15 is 0 Å². The quantitative estimate of drug-likeness (QED) is 0.807. The molecular weight excluding hydrogens is 330 g/mol. The molecule has 4 heteroatoms. The molecule has 1 aromatic carbocycles. The molecule has 1 aromatic rings. The van der Waals surface area contributed by atoms with Crippen LogP contribution in [-0.4, -0.2) is 26.3 Å². The van der Waals surface area contributed by atoms with E-state index < -0.39 is 0 Å². The molecule has 1 N–H and O–H groups in total. The molecule has 0 saturated heterocycles. The fraction of sp³-hybridized carbons (Fsp3) is 0.647. The molecular formula is C17H28BrNO2. The Bertz CT molecular complexity index is 469. The largest absolute Gasteiger partial charge is 0.495 e. The third-order valence-corrected chi connectivity index (χ3v) is 4.57. The number of nitrogens with one attached hydrogen (secondary N) is 1. The summed E-state index contributed by atoms with van der Waals surface area (Å²) >= 11 is 3.58. The third-order valence-electron chi connectivity index (χ3n) is 3.81. The van der Waals surface area contributed by atoms with Crippen molar-refractivity contribution in [1.29, 1.82) is 0 Å². The zero-order chi connectivity index (χ0) is 16.2. The summed E-state index contributed by atoms with van der Waals surface area (Å²) in [6.07, 6.45) is 0. The average molecular weight is 358 g/mol. The fourth-order valence-corrected chi connectivity index (χ4v) is 2.91. The molecule has 0 spiro atoms. The molecule has 0 aliphatic carbocycles. The molecule has 0 saturated carbocycles. The zero-order valence-corrected chi connectivity index (χ0v) is 15.8. The smallest absolute Gasteiger partial charge is 0.140 e. The van der Waals surface area contributed by atoms with Crippen LogP contribution in [0.15, 0.2) is 16.6 Å². The highest BCUT2D eigenvalue weighted by molar-refractivity contribution is 9.10. The third kappa shape index (κ3) is 4.89. The van der Waals surface area contributed by atoms with Gasteiger partial charge in [0.25, 0.3) is 0 Å². The van der Waals surface area contributed by atoms with Gasteiger partial charge in [-0.1, -0.05) is 19.9 Å². The number of hydrogen-bond donors (Lipinski definition) is 1. The van der Waals surface area contributed by atoms with Crippen molar-refractivity contribution in [2.45, 2.75) is 46.1 Å². The van der Waals surface area contributed by atoms with Crippen LogP contribution in [-0.2, 0) is 0 Å². The molecule has 0 bridgehead atoms. The maximum Gasteiger partial charge on any atom is 0.140 e. The molecule has 120 valence electrons. The van der Waals surface area contributed by atoms with Crippen LogP contribution in [0.1, 0.15) is 46.1 Å². The Hall–Kier alpha value is -0.740. The Kier molecular flexibility index (Phi) is 6.54. The van der Waals surface area contributed by atoms with Crippen molar-refractivity contribution in [3.05, 3.63) is 22.2 Å². The molecule has 3 nitrogen and oxygen atoms in total. The summed E-state index contributed by atoms with van der Waals surface area (Å²) < 4.78 is 11.8. The van der Waals surface area contributed by atoms with Gasteiger partial charge in [-0.3, -0.25) is 0 Å². The molecule has 0 aromatic heterocycles. The first kappa shape index (κ1) is 18.3.